The zero-order valence-corrected chi connectivity index (χ0v) is 27.7. The topological polar surface area (TPSA) is 557 Å². The molecule has 0 radical (unpaired) electrons. The number of rotatable bonds is 6. The molecule has 0 aromatic rings. The summed E-state index contributed by atoms with van der Waals surface area (Å²) >= 11 is -31.5. The second kappa shape index (κ2) is 31.8. The molecule has 0 atom stereocenters. The third-order valence-electron chi connectivity index (χ3n) is 0.542. The van der Waals surface area contributed by atoms with Gasteiger partial charge in [-0.3, -0.25) is 100 Å². The van der Waals surface area contributed by atoms with Crippen LogP contribution in [0.2, 0.25) is 0 Å². The first kappa shape index (κ1) is 70.5. The van der Waals surface area contributed by atoms with Gasteiger partial charge in [-0.25, -0.2) is 0 Å². The first-order valence-corrected chi connectivity index (χ1v) is 16.7. The zero-order valence-electron chi connectivity index (χ0n) is 17.5. The number of hydrogen-bond donors (Lipinski definition) is 23. The third kappa shape index (κ3) is 163. The van der Waals surface area contributed by atoms with Crippen molar-refractivity contribution in [3.05, 3.63) is 0 Å². The van der Waals surface area contributed by atoms with E-state index in [1.807, 2.05) is 0 Å². The van der Waals surface area contributed by atoms with E-state index in [0.717, 1.165) is 0 Å². The minimum atomic E-state index is -4.82. The Hall–Kier alpha value is 3.20. The fourth-order valence-electron chi connectivity index (χ4n) is 0.372. The van der Waals surface area contributed by atoms with E-state index in [9.17, 15) is 0 Å². The molecule has 41 heavy (non-hydrogen) atoms. The second-order valence-electron chi connectivity index (χ2n) is 3.60. The molecule has 0 rings (SSSR count). The van der Waals surface area contributed by atoms with Crippen molar-refractivity contribution in [1.29, 1.82) is 0 Å². The van der Waals surface area contributed by atoms with E-state index in [0.29, 0.717) is 6.47 Å². The molecule has 0 unspecified atom stereocenters. The average molecular weight is 837 g/mol. The van der Waals surface area contributed by atoms with Gasteiger partial charge in [-0.15, -0.1) is 10.9 Å². The SMILES string of the molecule is C.C.O=[C-]O.OS(O)(O)O.OS(O)(O)O.OS(O)(O)OS(O)(O)O.OS(O)(O)OS(O)(O)OS(O)(O)O.[Ca+2].[OH-].[O]=[Ca]. The van der Waals surface area contributed by atoms with Crippen LogP contribution in [0.3, 0.4) is 0 Å². The Morgan fingerprint density at radius 3 is 0.585 bits per heavy atom. The van der Waals surface area contributed by atoms with Crippen molar-refractivity contribution in [3.63, 3.8) is 0 Å². The molecule has 0 aliphatic rings. The monoisotopic (exact) mass is 836 g/mol. The Morgan fingerprint density at radius 1 is 0.439 bits per heavy atom. The van der Waals surface area contributed by atoms with Gasteiger partial charge in [0.2, 0.25) is 78.1 Å². The van der Waals surface area contributed by atoms with Gasteiger partial charge >= 0.3 is 75.1 Å². The van der Waals surface area contributed by atoms with Gasteiger partial charge in [-0.05, 0) is 0 Å². The Kier molecular flexibility index (Phi) is 54.7. The Bertz CT molecular complexity index is 486. The minimum absolute atomic E-state index is 0. The fraction of sp³-hybridized carbons (Fsp3) is 0.667. The third-order valence-corrected chi connectivity index (χ3v) is 4.88. The average Bonchev–Trinajstić information content (AvgIpc) is 2.37. The number of hydrogen-bond acceptors (Lipinski definition) is 28. The van der Waals surface area contributed by atoms with Crippen LogP contribution in [-0.4, -0.2) is 191 Å². The van der Waals surface area contributed by atoms with E-state index >= 15 is 0 Å². The molecule has 0 aromatic heterocycles. The summed E-state index contributed by atoms with van der Waals surface area (Å²) < 4.78 is 189. The van der Waals surface area contributed by atoms with E-state index in [2.05, 4.69) is 10.9 Å². The van der Waals surface area contributed by atoms with E-state index in [-0.39, 0.29) is 94.0 Å². The molecule has 0 saturated heterocycles. The molecule has 0 aliphatic heterocycles. The van der Waals surface area contributed by atoms with E-state index in [4.69, 9.17) is 111 Å². The standard InChI is InChI=1S/CHO2.2CH4.2Ca.H8O10S3.H6O7S2.2H4O4S.H2O.O/c2-1-3;;;;;1-11(2,3)9-13(7,8)10-12(4,5)6;1-8(2,3)7-9(4,5)6;2*1-5(2,3)4;;/h(H,2,3);2*1H4;;;1-8H;1-6H;2*1-4H;1H2;/q-1;;;;+2;;;;;;/p-1. The second-order valence-corrected chi connectivity index (χ2v) is 11.8. The van der Waals surface area contributed by atoms with Gasteiger partial charge in [0.15, 0.2) is 0 Å². The first-order valence-electron chi connectivity index (χ1n) is 5.73. The van der Waals surface area contributed by atoms with Crippen molar-refractivity contribution in [2.75, 3.05) is 0 Å². The summed E-state index contributed by atoms with van der Waals surface area (Å²) in [7, 11) is 0. The molecular formula is C3H32Ca2O29S7. The van der Waals surface area contributed by atoms with E-state index in [1.54, 1.807) is 0 Å². The van der Waals surface area contributed by atoms with Crippen LogP contribution >= 0.6 is 78.1 Å². The van der Waals surface area contributed by atoms with Gasteiger partial charge in [0.05, 0.1) is 0 Å². The van der Waals surface area contributed by atoms with Crippen molar-refractivity contribution in [2.45, 2.75) is 14.9 Å². The Labute approximate surface area is 297 Å². The summed E-state index contributed by atoms with van der Waals surface area (Å²) in [4.78, 5) is 8.24. The molecule has 0 amide bonds. The molecule has 29 nitrogen and oxygen atoms in total. The quantitative estimate of drug-likeness (QED) is 0.130. The van der Waals surface area contributed by atoms with Gasteiger partial charge in [-0.1, -0.05) is 21.3 Å². The normalized spacial score (nSPS) is 13.9. The molecule has 0 bridgehead atoms. The van der Waals surface area contributed by atoms with Gasteiger partial charge in [0.1, 0.15) is 0 Å². The van der Waals surface area contributed by atoms with Crippen molar-refractivity contribution in [1.82, 2.24) is 0 Å². The van der Waals surface area contributed by atoms with Gasteiger partial charge < -0.3 is 15.4 Å². The van der Waals surface area contributed by atoms with Gasteiger partial charge in [0.25, 0.3) is 0 Å². The fourth-order valence-corrected chi connectivity index (χ4v) is 3.55. The zero-order chi connectivity index (χ0) is 32.3. The predicted molar refractivity (Wildman–Crippen MR) is 150 cm³/mol. The van der Waals surface area contributed by atoms with E-state index in [1.165, 1.54) is 0 Å². The van der Waals surface area contributed by atoms with Crippen LogP contribution in [0.15, 0.2) is 0 Å². The maximum atomic E-state index is 8.46. The maximum absolute atomic E-state index is 8.46. The summed E-state index contributed by atoms with van der Waals surface area (Å²) in [5.41, 5.74) is 0. The van der Waals surface area contributed by atoms with Crippen LogP contribution in [0.4, 0.5) is 0 Å². The van der Waals surface area contributed by atoms with Crippen molar-refractivity contribution < 1.29 is 128 Å². The predicted octanol–water partition coefficient (Wildman–Crippen LogP) is 4.35. The van der Waals surface area contributed by atoms with Crippen LogP contribution in [0.5, 0.6) is 0 Å². The van der Waals surface area contributed by atoms with Crippen molar-refractivity contribution >= 4 is 158 Å². The van der Waals surface area contributed by atoms with Crippen molar-refractivity contribution in [2.24, 2.45) is 0 Å². The molecule has 0 fully saturated rings. The molecule has 24 N–H and O–H groups in total. The summed E-state index contributed by atoms with van der Waals surface area (Å²) in [5, 5.41) is 6.76. The van der Waals surface area contributed by atoms with E-state index < -0.39 is 78.1 Å². The van der Waals surface area contributed by atoms with Gasteiger partial charge in [0, 0.05) is 0 Å². The molecule has 264 valence electrons. The Balaban J connectivity index is -0.0000000379. The number of aliphatic hydroxyl groups excluding tert-OH is 1. The summed E-state index contributed by atoms with van der Waals surface area (Å²) in [6.07, 6.45) is 0. The van der Waals surface area contributed by atoms with Crippen molar-refractivity contribution in [3.8, 4) is 0 Å². The molecule has 0 saturated carbocycles. The Morgan fingerprint density at radius 2 is 0.537 bits per heavy atom. The molecular weight excluding hydrogens is 805 g/mol. The molecule has 38 heteroatoms. The first-order chi connectivity index (χ1) is 15.5. The molecule has 0 heterocycles. The molecule has 0 aromatic carbocycles. The van der Waals surface area contributed by atoms with Crippen LogP contribution in [0, 0.1) is 0 Å². The van der Waals surface area contributed by atoms with Crippen LogP contribution < -0.4 is 0 Å². The van der Waals surface area contributed by atoms with Crippen LogP contribution in [0.25, 0.3) is 0 Å². The molecule has 0 spiro atoms. The summed E-state index contributed by atoms with van der Waals surface area (Å²) in [6, 6.07) is 0. The van der Waals surface area contributed by atoms with Crippen LogP contribution in [-0.2, 0) is 17.1 Å². The summed E-state index contributed by atoms with van der Waals surface area (Å²) in [6.45, 7) is 0.500. The van der Waals surface area contributed by atoms with Gasteiger partial charge in [-0.2, -0.15) is 0 Å². The molecule has 0 aliphatic carbocycles. The van der Waals surface area contributed by atoms with Crippen LogP contribution in [0.1, 0.15) is 14.9 Å². The summed E-state index contributed by atoms with van der Waals surface area (Å²) in [5.74, 6) is 0.